The van der Waals surface area contributed by atoms with Crippen molar-refractivity contribution in [2.75, 3.05) is 20.6 Å². The molecule has 3 heteroatoms. The van der Waals surface area contributed by atoms with Crippen molar-refractivity contribution in [3.8, 4) is 0 Å². The monoisotopic (exact) mass is 304 g/mol. The van der Waals surface area contributed by atoms with Gasteiger partial charge in [-0.3, -0.25) is 0 Å². The van der Waals surface area contributed by atoms with Crippen molar-refractivity contribution in [1.29, 1.82) is 0 Å². The zero-order valence-corrected chi connectivity index (χ0v) is 14.9. The van der Waals surface area contributed by atoms with Crippen LogP contribution in [-0.4, -0.2) is 31.6 Å². The van der Waals surface area contributed by atoms with Crippen molar-refractivity contribution in [1.82, 2.24) is 10.2 Å². The first kappa shape index (κ1) is 16.5. The fourth-order valence-electron chi connectivity index (χ4n) is 2.85. The minimum Gasteiger partial charge on any atom is -0.308 e. The highest BCUT2D eigenvalue weighted by molar-refractivity contribution is 7.19. The number of nitrogens with zero attached hydrogens (tertiary/aromatic N) is 1. The number of benzene rings is 1. The second kappa shape index (κ2) is 6.91. The van der Waals surface area contributed by atoms with Crippen LogP contribution in [0.3, 0.4) is 0 Å². The van der Waals surface area contributed by atoms with Gasteiger partial charge in [0.15, 0.2) is 0 Å². The summed E-state index contributed by atoms with van der Waals surface area (Å²) in [6.07, 6.45) is 0. The van der Waals surface area contributed by atoms with Crippen LogP contribution in [0.25, 0.3) is 10.1 Å². The molecule has 0 saturated heterocycles. The van der Waals surface area contributed by atoms with Gasteiger partial charge in [-0.05, 0) is 50.9 Å². The molecule has 116 valence electrons. The number of thiophene rings is 1. The van der Waals surface area contributed by atoms with Gasteiger partial charge in [-0.25, -0.2) is 0 Å². The van der Waals surface area contributed by atoms with E-state index in [1.54, 1.807) is 0 Å². The molecule has 0 aliphatic heterocycles. The highest BCUT2D eigenvalue weighted by Gasteiger charge is 2.20. The van der Waals surface area contributed by atoms with Crippen LogP contribution in [0.15, 0.2) is 24.3 Å². The Morgan fingerprint density at radius 3 is 2.38 bits per heavy atom. The summed E-state index contributed by atoms with van der Waals surface area (Å²) in [4.78, 5) is 3.74. The molecule has 0 bridgehead atoms. The van der Waals surface area contributed by atoms with Gasteiger partial charge in [0.25, 0.3) is 0 Å². The van der Waals surface area contributed by atoms with Gasteiger partial charge in [-0.15, -0.1) is 11.3 Å². The molecule has 2 aromatic rings. The summed E-state index contributed by atoms with van der Waals surface area (Å²) in [6, 6.07) is 9.63. The number of hydrogen-bond donors (Lipinski definition) is 1. The molecule has 2 unspecified atom stereocenters. The number of hydrogen-bond acceptors (Lipinski definition) is 3. The summed E-state index contributed by atoms with van der Waals surface area (Å²) >= 11 is 1.93. The van der Waals surface area contributed by atoms with Crippen molar-refractivity contribution in [2.45, 2.75) is 39.8 Å². The zero-order chi connectivity index (χ0) is 15.6. The van der Waals surface area contributed by atoms with Crippen molar-refractivity contribution in [3.63, 3.8) is 0 Å². The molecule has 0 saturated carbocycles. The summed E-state index contributed by atoms with van der Waals surface area (Å²) in [5, 5.41) is 5.24. The van der Waals surface area contributed by atoms with E-state index in [-0.39, 0.29) is 0 Å². The lowest BCUT2D eigenvalue weighted by Crippen LogP contribution is -2.43. The van der Waals surface area contributed by atoms with Crippen LogP contribution in [0, 0.1) is 12.8 Å². The number of fused-ring (bicyclic) bond motifs is 1. The zero-order valence-electron chi connectivity index (χ0n) is 14.1. The summed E-state index contributed by atoms with van der Waals surface area (Å²) in [5.41, 5.74) is 1.43. The van der Waals surface area contributed by atoms with Gasteiger partial charge in [-0.1, -0.05) is 32.0 Å². The van der Waals surface area contributed by atoms with Gasteiger partial charge in [0, 0.05) is 28.2 Å². The maximum absolute atomic E-state index is 3.83. The number of aryl methyl sites for hydroxylation is 1. The SMILES string of the molecule is Cc1c(C(C)NC(CN(C)C)C(C)C)sc2ccccc12. The van der Waals surface area contributed by atoms with E-state index in [1.165, 1.54) is 20.5 Å². The van der Waals surface area contributed by atoms with Crippen molar-refractivity contribution >= 4 is 21.4 Å². The van der Waals surface area contributed by atoms with Crippen LogP contribution in [0.2, 0.25) is 0 Å². The van der Waals surface area contributed by atoms with E-state index < -0.39 is 0 Å². The van der Waals surface area contributed by atoms with Gasteiger partial charge < -0.3 is 10.2 Å². The van der Waals surface area contributed by atoms with Gasteiger partial charge in [0.1, 0.15) is 0 Å². The lowest BCUT2D eigenvalue weighted by atomic mass is 10.0. The molecule has 1 heterocycles. The maximum Gasteiger partial charge on any atom is 0.0391 e. The van der Waals surface area contributed by atoms with Crippen molar-refractivity contribution in [2.24, 2.45) is 5.92 Å². The standard InChI is InChI=1S/C18H28N2S/c1-12(2)16(11-20(5)6)19-14(4)18-13(3)15-9-7-8-10-17(15)21-18/h7-10,12,14,16,19H,11H2,1-6H3. The molecule has 0 radical (unpaired) electrons. The van der Waals surface area contributed by atoms with E-state index in [9.17, 15) is 0 Å². The van der Waals surface area contributed by atoms with E-state index in [4.69, 9.17) is 0 Å². The van der Waals surface area contributed by atoms with Crippen LogP contribution in [0.4, 0.5) is 0 Å². The Labute approximate surface area is 133 Å². The average molecular weight is 305 g/mol. The lowest BCUT2D eigenvalue weighted by Gasteiger charge is -2.29. The average Bonchev–Trinajstić information content (AvgIpc) is 2.75. The molecule has 0 aliphatic carbocycles. The number of rotatable bonds is 6. The van der Waals surface area contributed by atoms with E-state index in [1.807, 2.05) is 11.3 Å². The predicted molar refractivity (Wildman–Crippen MR) is 95.3 cm³/mol. The Morgan fingerprint density at radius 1 is 1.14 bits per heavy atom. The molecule has 1 aromatic carbocycles. The molecule has 1 aromatic heterocycles. The number of likely N-dealkylation sites (N-methyl/N-ethyl adjacent to an activating group) is 1. The first-order valence-corrected chi connectivity index (χ1v) is 8.60. The Kier molecular flexibility index (Phi) is 5.42. The van der Waals surface area contributed by atoms with Gasteiger partial charge in [0.2, 0.25) is 0 Å². The molecular weight excluding hydrogens is 276 g/mol. The smallest absolute Gasteiger partial charge is 0.0391 e. The van der Waals surface area contributed by atoms with Crippen LogP contribution >= 0.6 is 11.3 Å². The van der Waals surface area contributed by atoms with Gasteiger partial charge >= 0.3 is 0 Å². The molecule has 1 N–H and O–H groups in total. The minimum absolute atomic E-state index is 0.398. The topological polar surface area (TPSA) is 15.3 Å². The predicted octanol–water partition coefficient (Wildman–Crippen LogP) is 4.45. The third-order valence-electron chi connectivity index (χ3n) is 4.10. The Bertz CT molecular complexity index is 586. The first-order chi connectivity index (χ1) is 9.90. The highest BCUT2D eigenvalue weighted by Crippen LogP contribution is 2.34. The highest BCUT2D eigenvalue weighted by atomic mass is 32.1. The third-order valence-corrected chi connectivity index (χ3v) is 5.56. The molecule has 2 rings (SSSR count). The fraction of sp³-hybridized carbons (Fsp3) is 0.556. The second-order valence-electron chi connectivity index (χ2n) is 6.59. The largest absolute Gasteiger partial charge is 0.308 e. The Balaban J connectivity index is 2.21. The molecular formula is C18H28N2S. The van der Waals surface area contributed by atoms with E-state index in [0.29, 0.717) is 18.0 Å². The summed E-state index contributed by atoms with van der Waals surface area (Å²) in [5.74, 6) is 0.629. The number of nitrogens with one attached hydrogen (secondary N) is 1. The summed E-state index contributed by atoms with van der Waals surface area (Å²) in [7, 11) is 4.29. The quantitative estimate of drug-likeness (QED) is 0.848. The summed E-state index contributed by atoms with van der Waals surface area (Å²) in [6.45, 7) is 10.2. The Hall–Kier alpha value is -0.900. The summed E-state index contributed by atoms with van der Waals surface area (Å²) < 4.78 is 1.40. The lowest BCUT2D eigenvalue weighted by molar-refractivity contribution is 0.274. The third kappa shape index (κ3) is 3.85. The van der Waals surface area contributed by atoms with Gasteiger partial charge in [-0.2, -0.15) is 0 Å². The minimum atomic E-state index is 0.398. The van der Waals surface area contributed by atoms with E-state index in [2.05, 4.69) is 76.3 Å². The Morgan fingerprint density at radius 2 is 1.81 bits per heavy atom. The molecule has 0 aliphatic rings. The van der Waals surface area contributed by atoms with Crippen molar-refractivity contribution in [3.05, 3.63) is 34.7 Å². The molecule has 0 spiro atoms. The van der Waals surface area contributed by atoms with E-state index in [0.717, 1.165) is 6.54 Å². The second-order valence-corrected chi connectivity index (χ2v) is 7.67. The van der Waals surface area contributed by atoms with Crippen LogP contribution < -0.4 is 5.32 Å². The van der Waals surface area contributed by atoms with Crippen LogP contribution in [0.5, 0.6) is 0 Å². The molecule has 2 atom stereocenters. The fourth-order valence-corrected chi connectivity index (χ4v) is 4.07. The molecule has 21 heavy (non-hydrogen) atoms. The van der Waals surface area contributed by atoms with Gasteiger partial charge in [0.05, 0.1) is 0 Å². The van der Waals surface area contributed by atoms with Crippen molar-refractivity contribution < 1.29 is 0 Å². The van der Waals surface area contributed by atoms with E-state index >= 15 is 0 Å². The van der Waals surface area contributed by atoms with Crippen LogP contribution in [-0.2, 0) is 0 Å². The van der Waals surface area contributed by atoms with Crippen LogP contribution in [0.1, 0.15) is 37.3 Å². The first-order valence-electron chi connectivity index (χ1n) is 7.79. The molecule has 0 fully saturated rings. The maximum atomic E-state index is 3.83. The molecule has 2 nitrogen and oxygen atoms in total. The molecule has 0 amide bonds. The normalized spacial score (nSPS) is 15.0.